The molecule has 0 atom stereocenters. The second-order valence-corrected chi connectivity index (χ2v) is 13.5. The van der Waals surface area contributed by atoms with Gasteiger partial charge in [-0.25, -0.2) is 0 Å². The highest BCUT2D eigenvalue weighted by molar-refractivity contribution is 7.89. The van der Waals surface area contributed by atoms with Gasteiger partial charge in [0.2, 0.25) is 0 Å². The van der Waals surface area contributed by atoms with Crippen molar-refractivity contribution in [1.29, 1.82) is 0 Å². The number of hydrogen-bond acceptors (Lipinski definition) is 0. The molecule has 0 radical (unpaired) electrons. The van der Waals surface area contributed by atoms with Crippen molar-refractivity contribution in [2.24, 2.45) is 0 Å². The van der Waals surface area contributed by atoms with Crippen LogP contribution in [0, 0.1) is 0 Å². The minimum Gasteiger partial charge on any atom is -0.0622 e. The Morgan fingerprint density at radius 3 is 1.09 bits per heavy atom. The van der Waals surface area contributed by atoms with Crippen LogP contribution in [0.2, 0.25) is 0 Å². The van der Waals surface area contributed by atoms with Crippen molar-refractivity contribution in [2.45, 2.75) is 18.7 Å². The van der Waals surface area contributed by atoms with E-state index in [2.05, 4.69) is 153 Å². The quantitative estimate of drug-likeness (QED) is 0.198. The lowest BCUT2D eigenvalue weighted by Gasteiger charge is -2.37. The lowest BCUT2D eigenvalue weighted by atomic mass is 10.1. The van der Waals surface area contributed by atoms with Gasteiger partial charge in [-0.15, -0.1) is 0 Å². The zero-order valence-corrected chi connectivity index (χ0v) is 21.8. The molecule has 5 rings (SSSR count). The summed E-state index contributed by atoms with van der Waals surface area (Å²) >= 11 is 0. The van der Waals surface area contributed by atoms with E-state index in [4.69, 9.17) is 0 Å². The molecule has 5 aromatic rings. The van der Waals surface area contributed by atoms with Crippen LogP contribution in [0.5, 0.6) is 0 Å². The summed E-state index contributed by atoms with van der Waals surface area (Å²) in [5, 5.41) is 6.09. The third kappa shape index (κ3) is 5.31. The summed E-state index contributed by atoms with van der Waals surface area (Å²) in [5.41, 5.74) is 2.95. The lowest BCUT2D eigenvalue weighted by molar-refractivity contribution is 1.09. The van der Waals surface area contributed by atoms with E-state index in [9.17, 15) is 0 Å². The molecule has 0 nitrogen and oxygen atoms in total. The van der Waals surface area contributed by atoms with Gasteiger partial charge in [0, 0.05) is 5.40 Å². The number of rotatable bonds is 8. The molecule has 0 aromatic heterocycles. The fourth-order valence-corrected chi connectivity index (χ4v) is 12.0. The number of aryl methyl sites for hydroxylation is 1. The highest BCUT2D eigenvalue weighted by atomic mass is 31.2. The normalized spacial score (nSPS) is 11.3. The van der Waals surface area contributed by atoms with Crippen LogP contribution in [0.3, 0.4) is 0 Å². The topological polar surface area (TPSA) is 0 Å². The molecule has 0 saturated carbocycles. The van der Waals surface area contributed by atoms with Crippen LogP contribution in [0.15, 0.2) is 146 Å². The number of hydrogen-bond donors (Lipinski definition) is 0. The van der Waals surface area contributed by atoms with Crippen molar-refractivity contribution in [2.75, 3.05) is 0 Å². The van der Waals surface area contributed by atoms with Crippen molar-refractivity contribution in [1.82, 2.24) is 0 Å². The van der Waals surface area contributed by atoms with Crippen molar-refractivity contribution in [3.63, 3.8) is 0 Å². The Bertz CT molecular complexity index is 1160. The summed E-state index contributed by atoms with van der Waals surface area (Å²) in [4.78, 5) is 0. The second kappa shape index (κ2) is 11.6. The molecule has 35 heavy (non-hydrogen) atoms. The van der Waals surface area contributed by atoms with E-state index in [0.717, 1.165) is 6.42 Å². The summed E-state index contributed by atoms with van der Waals surface area (Å²) in [6.45, 7) is 2.29. The molecule has 0 heterocycles. The Balaban J connectivity index is 1.83. The van der Waals surface area contributed by atoms with Gasteiger partial charge in [-0.05, 0) is 54.6 Å². The lowest BCUT2D eigenvalue weighted by Crippen LogP contribution is -2.23. The molecule has 172 valence electrons. The molecule has 0 bridgehead atoms. The molecule has 0 saturated heterocycles. The monoisotopic (exact) mass is 488 g/mol. The predicted molar refractivity (Wildman–Crippen MR) is 157 cm³/mol. The smallest absolute Gasteiger partial charge is 0.0406 e. The van der Waals surface area contributed by atoms with E-state index in [1.165, 1.54) is 32.3 Å². The minimum atomic E-state index is -0.670. The Morgan fingerprint density at radius 2 is 0.743 bits per heavy atom. The molecular weight excluding hydrogens is 458 g/mol. The molecule has 0 unspecified atom stereocenters. The molecule has 0 fully saturated rings. The average Bonchev–Trinajstić information content (AvgIpc) is 2.95. The molecule has 0 aliphatic carbocycles. The Hall–Kier alpha value is -3.04. The van der Waals surface area contributed by atoms with Crippen molar-refractivity contribution >= 4 is 37.1 Å². The van der Waals surface area contributed by atoms with Gasteiger partial charge in [0.15, 0.2) is 0 Å². The summed E-state index contributed by atoms with van der Waals surface area (Å²) in [7, 11) is -1.34. The van der Waals surface area contributed by atoms with Crippen LogP contribution >= 0.6 is 15.8 Å². The van der Waals surface area contributed by atoms with Gasteiger partial charge in [0.25, 0.3) is 0 Å². The fourth-order valence-electron chi connectivity index (χ4n) is 4.72. The molecule has 2 heteroatoms. The van der Waals surface area contributed by atoms with Crippen molar-refractivity contribution < 1.29 is 0 Å². The maximum absolute atomic E-state index is 2.39. The van der Waals surface area contributed by atoms with Crippen LogP contribution in [0.25, 0.3) is 0 Å². The Labute approximate surface area is 212 Å². The first kappa shape index (κ1) is 23.7. The third-order valence-corrected chi connectivity index (χ3v) is 12.7. The standard InChI is InChI=1S/C33H30P2/c1-2-27-17-15-16-26-32(27)33(34(28-18-7-3-8-19-28)29-20-9-4-10-21-29)35(30-22-11-5-12-23-30)31-24-13-6-14-25-31/h3-26,33H,2H2,1H3. The molecule has 0 N–H and O–H groups in total. The van der Waals surface area contributed by atoms with Gasteiger partial charge in [-0.2, -0.15) is 0 Å². The highest BCUT2D eigenvalue weighted by Gasteiger charge is 2.35. The van der Waals surface area contributed by atoms with Crippen LogP contribution in [-0.2, 0) is 6.42 Å². The molecule has 0 spiro atoms. The fraction of sp³-hybridized carbons (Fsp3) is 0.0909. The van der Waals surface area contributed by atoms with Gasteiger partial charge in [-0.1, -0.05) is 153 Å². The van der Waals surface area contributed by atoms with E-state index < -0.39 is 15.8 Å². The average molecular weight is 489 g/mol. The first-order valence-electron chi connectivity index (χ1n) is 12.2. The van der Waals surface area contributed by atoms with Gasteiger partial charge in [0.1, 0.15) is 0 Å². The summed E-state index contributed by atoms with van der Waals surface area (Å²) in [5.74, 6) is 0. The van der Waals surface area contributed by atoms with Gasteiger partial charge in [-0.3, -0.25) is 0 Å². The molecule has 0 amide bonds. The molecule has 5 aromatic carbocycles. The van der Waals surface area contributed by atoms with E-state index in [0.29, 0.717) is 5.40 Å². The van der Waals surface area contributed by atoms with Crippen LogP contribution in [0.4, 0.5) is 0 Å². The van der Waals surface area contributed by atoms with Gasteiger partial charge >= 0.3 is 0 Å². The van der Waals surface area contributed by atoms with Crippen molar-refractivity contribution in [3.8, 4) is 0 Å². The molecule has 0 aliphatic rings. The second-order valence-electron chi connectivity index (χ2n) is 8.51. The predicted octanol–water partition coefficient (Wildman–Crippen LogP) is 7.51. The summed E-state index contributed by atoms with van der Waals surface area (Å²) < 4.78 is 0. The van der Waals surface area contributed by atoms with E-state index in [1.54, 1.807) is 0 Å². The molecule has 0 aliphatic heterocycles. The zero-order chi connectivity index (χ0) is 23.9. The first-order chi connectivity index (χ1) is 17.4. The van der Waals surface area contributed by atoms with Gasteiger partial charge in [0.05, 0.1) is 0 Å². The highest BCUT2D eigenvalue weighted by Crippen LogP contribution is 2.66. The Morgan fingerprint density at radius 1 is 0.429 bits per heavy atom. The van der Waals surface area contributed by atoms with Crippen molar-refractivity contribution in [3.05, 3.63) is 157 Å². The maximum atomic E-state index is 2.39. The number of benzene rings is 5. The van der Waals surface area contributed by atoms with Crippen LogP contribution < -0.4 is 21.2 Å². The van der Waals surface area contributed by atoms with E-state index in [1.807, 2.05) is 0 Å². The molecular formula is C33H30P2. The van der Waals surface area contributed by atoms with Gasteiger partial charge < -0.3 is 0 Å². The summed E-state index contributed by atoms with van der Waals surface area (Å²) in [6, 6.07) is 54.0. The largest absolute Gasteiger partial charge is 0.0622 e. The van der Waals surface area contributed by atoms with E-state index >= 15 is 0 Å². The third-order valence-electron chi connectivity index (χ3n) is 6.34. The van der Waals surface area contributed by atoms with Crippen LogP contribution in [0.1, 0.15) is 23.5 Å². The van der Waals surface area contributed by atoms with Crippen LogP contribution in [-0.4, -0.2) is 0 Å². The summed E-state index contributed by atoms with van der Waals surface area (Å²) in [6.07, 6.45) is 1.03. The Kier molecular flexibility index (Phi) is 7.85. The SMILES string of the molecule is CCc1ccccc1C(P(c1ccccc1)c1ccccc1)P(c1ccccc1)c1ccccc1. The maximum Gasteiger partial charge on any atom is 0.0406 e. The first-order valence-corrected chi connectivity index (χ1v) is 15.1. The zero-order valence-electron chi connectivity index (χ0n) is 20.0. The minimum absolute atomic E-state index is 0.353. The van der Waals surface area contributed by atoms with E-state index in [-0.39, 0.29) is 0 Å².